The molecule has 0 aliphatic rings. The van der Waals surface area contributed by atoms with Crippen LogP contribution in [0.3, 0.4) is 0 Å². The van der Waals surface area contributed by atoms with Gasteiger partial charge in [0.25, 0.3) is 5.91 Å². The molecule has 0 saturated heterocycles. The van der Waals surface area contributed by atoms with Crippen LogP contribution in [0.5, 0.6) is 0 Å². The highest BCUT2D eigenvalue weighted by molar-refractivity contribution is 5.93. The second kappa shape index (κ2) is 5.99. The number of hydrogen-bond acceptors (Lipinski definition) is 5. The smallest absolute Gasteiger partial charge is 0.254 e. The number of aryl methyl sites for hydroxylation is 1. The highest BCUT2D eigenvalue weighted by Crippen LogP contribution is 2.08. The number of hydrogen-bond donors (Lipinski definition) is 1. The highest BCUT2D eigenvalue weighted by Gasteiger charge is 2.12. The normalized spacial score (nSPS) is 11.9. The fourth-order valence-corrected chi connectivity index (χ4v) is 1.57. The van der Waals surface area contributed by atoms with Gasteiger partial charge in [0.1, 0.15) is 12.2 Å². The molecule has 1 atom stereocenters. The Bertz CT molecular complexity index is 541. The molecular formula is C13H15N5O. The lowest BCUT2D eigenvalue weighted by Crippen LogP contribution is -2.27. The van der Waals surface area contributed by atoms with Crippen LogP contribution in [0.2, 0.25) is 0 Å². The van der Waals surface area contributed by atoms with Crippen molar-refractivity contribution in [2.24, 2.45) is 0 Å². The zero-order valence-corrected chi connectivity index (χ0v) is 10.9. The number of carbonyl (C=O) groups excluding carboxylic acids is 1. The molecule has 0 spiro atoms. The first-order valence-electron chi connectivity index (χ1n) is 6.08. The van der Waals surface area contributed by atoms with E-state index in [1.807, 2.05) is 13.8 Å². The van der Waals surface area contributed by atoms with Crippen LogP contribution in [0.25, 0.3) is 0 Å². The second-order valence-electron chi connectivity index (χ2n) is 4.07. The second-order valence-corrected chi connectivity index (χ2v) is 4.07. The van der Waals surface area contributed by atoms with Gasteiger partial charge in [0.2, 0.25) is 0 Å². The van der Waals surface area contributed by atoms with Crippen LogP contribution in [0.4, 0.5) is 0 Å². The maximum absolute atomic E-state index is 12.0. The van der Waals surface area contributed by atoms with Gasteiger partial charge in [0, 0.05) is 25.0 Å². The molecule has 1 N–H and O–H groups in total. The summed E-state index contributed by atoms with van der Waals surface area (Å²) in [5.41, 5.74) is 1.20. The zero-order chi connectivity index (χ0) is 13.7. The first kappa shape index (κ1) is 13.1. The lowest BCUT2D eigenvalue weighted by molar-refractivity contribution is 0.0938. The summed E-state index contributed by atoms with van der Waals surface area (Å²) in [5, 5.41) is 2.84. The predicted octanol–water partition coefficient (Wildman–Crippen LogP) is 1.32. The molecule has 2 rings (SSSR count). The van der Waals surface area contributed by atoms with Gasteiger partial charge in [-0.1, -0.05) is 6.92 Å². The molecule has 6 nitrogen and oxygen atoms in total. The summed E-state index contributed by atoms with van der Waals surface area (Å²) in [4.78, 5) is 28.1. The molecule has 0 bridgehead atoms. The summed E-state index contributed by atoms with van der Waals surface area (Å²) in [7, 11) is 0. The largest absolute Gasteiger partial charge is 0.344 e. The van der Waals surface area contributed by atoms with Crippen LogP contribution in [-0.4, -0.2) is 25.8 Å². The van der Waals surface area contributed by atoms with Crippen molar-refractivity contribution in [3.8, 4) is 0 Å². The molecule has 19 heavy (non-hydrogen) atoms. The van der Waals surface area contributed by atoms with E-state index in [-0.39, 0.29) is 11.9 Å². The van der Waals surface area contributed by atoms with E-state index < -0.39 is 0 Å². The maximum atomic E-state index is 12.0. The molecule has 2 aromatic heterocycles. The van der Waals surface area contributed by atoms with Crippen LogP contribution in [0, 0.1) is 0 Å². The van der Waals surface area contributed by atoms with Gasteiger partial charge in [-0.2, -0.15) is 0 Å². The Kier molecular flexibility index (Phi) is 4.12. The van der Waals surface area contributed by atoms with Gasteiger partial charge in [0.15, 0.2) is 0 Å². The molecule has 0 radical (unpaired) electrons. The summed E-state index contributed by atoms with van der Waals surface area (Å²) in [5.74, 6) is 0.508. The minimum atomic E-state index is -0.214. The monoisotopic (exact) mass is 257 g/mol. The summed E-state index contributed by atoms with van der Waals surface area (Å²) in [6.07, 6.45) is 6.92. The maximum Gasteiger partial charge on any atom is 0.254 e. The van der Waals surface area contributed by atoms with Gasteiger partial charge >= 0.3 is 0 Å². The van der Waals surface area contributed by atoms with Crippen molar-refractivity contribution in [1.82, 2.24) is 25.3 Å². The number of rotatable bonds is 4. The van der Waals surface area contributed by atoms with Crippen molar-refractivity contribution in [3.63, 3.8) is 0 Å². The van der Waals surface area contributed by atoms with Gasteiger partial charge < -0.3 is 5.32 Å². The third-order valence-corrected chi connectivity index (χ3v) is 2.68. The lowest BCUT2D eigenvalue weighted by atomic mass is 10.2. The van der Waals surface area contributed by atoms with Gasteiger partial charge in [-0.15, -0.1) is 0 Å². The Hall–Kier alpha value is -2.37. The van der Waals surface area contributed by atoms with Crippen molar-refractivity contribution in [2.45, 2.75) is 26.3 Å². The van der Waals surface area contributed by atoms with Gasteiger partial charge in [-0.25, -0.2) is 19.9 Å². The lowest BCUT2D eigenvalue weighted by Gasteiger charge is -2.12. The van der Waals surface area contributed by atoms with Crippen molar-refractivity contribution >= 4 is 5.91 Å². The summed E-state index contributed by atoms with van der Waals surface area (Å²) >= 11 is 0. The van der Waals surface area contributed by atoms with Crippen molar-refractivity contribution in [1.29, 1.82) is 0 Å². The molecule has 2 heterocycles. The molecule has 0 aromatic carbocycles. The molecule has 98 valence electrons. The van der Waals surface area contributed by atoms with E-state index in [2.05, 4.69) is 25.3 Å². The Morgan fingerprint density at radius 3 is 2.63 bits per heavy atom. The molecular weight excluding hydrogens is 242 g/mol. The van der Waals surface area contributed by atoms with Crippen molar-refractivity contribution < 1.29 is 4.79 Å². The Morgan fingerprint density at radius 1 is 1.32 bits per heavy atom. The SMILES string of the molecule is CCc1ncc(C(=O)N[C@@H](C)c2ccncn2)cn1. The average Bonchev–Trinajstić information content (AvgIpc) is 2.48. The first-order valence-corrected chi connectivity index (χ1v) is 6.08. The number of aromatic nitrogens is 4. The molecule has 0 unspecified atom stereocenters. The third kappa shape index (κ3) is 3.31. The first-order chi connectivity index (χ1) is 9.20. The zero-order valence-electron chi connectivity index (χ0n) is 10.9. The Balaban J connectivity index is 2.04. The summed E-state index contributed by atoms with van der Waals surface area (Å²) < 4.78 is 0. The predicted molar refractivity (Wildman–Crippen MR) is 69.3 cm³/mol. The fourth-order valence-electron chi connectivity index (χ4n) is 1.57. The molecule has 0 aliphatic heterocycles. The summed E-state index contributed by atoms with van der Waals surface area (Å²) in [6.45, 7) is 3.83. The minimum Gasteiger partial charge on any atom is -0.344 e. The molecule has 6 heteroatoms. The summed E-state index contributed by atoms with van der Waals surface area (Å²) in [6, 6.07) is 1.57. The van der Waals surface area contributed by atoms with Crippen LogP contribution in [0.15, 0.2) is 31.0 Å². The Labute approximate surface area is 111 Å². The minimum absolute atomic E-state index is 0.193. The fraction of sp³-hybridized carbons (Fsp3) is 0.308. The Morgan fingerprint density at radius 2 is 2.05 bits per heavy atom. The van der Waals surface area contributed by atoms with E-state index in [1.165, 1.54) is 18.7 Å². The molecule has 0 aliphatic carbocycles. The van der Waals surface area contributed by atoms with Crippen LogP contribution < -0.4 is 5.32 Å². The van der Waals surface area contributed by atoms with E-state index in [4.69, 9.17) is 0 Å². The van der Waals surface area contributed by atoms with E-state index in [0.29, 0.717) is 5.56 Å². The molecule has 0 saturated carbocycles. The molecule has 2 aromatic rings. The van der Waals surface area contributed by atoms with Crippen LogP contribution in [-0.2, 0) is 6.42 Å². The number of nitrogens with one attached hydrogen (secondary N) is 1. The van der Waals surface area contributed by atoms with Crippen molar-refractivity contribution in [2.75, 3.05) is 0 Å². The van der Waals surface area contributed by atoms with Crippen LogP contribution in [0.1, 0.15) is 41.8 Å². The van der Waals surface area contributed by atoms with Gasteiger partial charge in [-0.3, -0.25) is 4.79 Å². The van der Waals surface area contributed by atoms with E-state index in [1.54, 1.807) is 12.3 Å². The topological polar surface area (TPSA) is 80.7 Å². The van der Waals surface area contributed by atoms with Gasteiger partial charge in [-0.05, 0) is 13.0 Å². The number of amides is 1. The van der Waals surface area contributed by atoms with E-state index >= 15 is 0 Å². The molecule has 0 fully saturated rings. The highest BCUT2D eigenvalue weighted by atomic mass is 16.1. The number of nitrogens with zero attached hydrogens (tertiary/aromatic N) is 4. The van der Waals surface area contributed by atoms with Crippen molar-refractivity contribution in [3.05, 3.63) is 48.1 Å². The van der Waals surface area contributed by atoms with Gasteiger partial charge in [0.05, 0.1) is 17.3 Å². The quantitative estimate of drug-likeness (QED) is 0.893. The molecule has 1 amide bonds. The standard InChI is InChI=1S/C13H15N5O/c1-3-12-15-6-10(7-16-12)13(19)18-9(2)11-4-5-14-8-17-11/h4-9H,3H2,1-2H3,(H,18,19)/t9-/m0/s1. The average molecular weight is 257 g/mol. The van der Waals surface area contributed by atoms with E-state index in [0.717, 1.165) is 17.9 Å². The number of carbonyl (C=O) groups is 1. The van der Waals surface area contributed by atoms with E-state index in [9.17, 15) is 4.79 Å². The van der Waals surface area contributed by atoms with Crippen LogP contribution >= 0.6 is 0 Å². The third-order valence-electron chi connectivity index (χ3n) is 2.68.